The highest BCUT2D eigenvalue weighted by Gasteiger charge is 2.33. The number of hydrogen-bond acceptors (Lipinski definition) is 4. The molecule has 0 atom stereocenters. The molecule has 0 amide bonds. The van der Waals surface area contributed by atoms with Gasteiger partial charge in [0, 0.05) is 19.0 Å². The number of halogens is 3. The van der Waals surface area contributed by atoms with Crippen molar-refractivity contribution in [3.63, 3.8) is 0 Å². The number of alkyl halides is 3. The summed E-state index contributed by atoms with van der Waals surface area (Å²) in [6.07, 6.45) is 0.0450. The molecule has 0 saturated heterocycles. The molecule has 0 fully saturated rings. The van der Waals surface area contributed by atoms with Crippen molar-refractivity contribution < 1.29 is 18.3 Å². The molecule has 0 aliphatic carbocycles. The first-order chi connectivity index (χ1) is 10.4. The van der Waals surface area contributed by atoms with Crippen LogP contribution in [0.2, 0.25) is 0 Å². The number of rotatable bonds is 3. The van der Waals surface area contributed by atoms with Gasteiger partial charge >= 0.3 is 6.18 Å². The molecule has 0 aliphatic heterocycles. The molecule has 22 heavy (non-hydrogen) atoms. The van der Waals surface area contributed by atoms with Gasteiger partial charge in [0.2, 0.25) is 0 Å². The van der Waals surface area contributed by atoms with E-state index in [1.54, 1.807) is 19.3 Å². The van der Waals surface area contributed by atoms with E-state index in [1.807, 2.05) is 0 Å². The number of aromatic nitrogens is 4. The molecule has 1 N–H and O–H groups in total. The highest BCUT2D eigenvalue weighted by Crippen LogP contribution is 2.31. The Morgan fingerprint density at radius 2 is 2.09 bits per heavy atom. The lowest BCUT2D eigenvalue weighted by atomic mass is 10.1. The van der Waals surface area contributed by atoms with Crippen molar-refractivity contribution in [1.82, 2.24) is 19.6 Å². The van der Waals surface area contributed by atoms with Crippen molar-refractivity contribution in [3.8, 4) is 0 Å². The standard InChI is InChI=1S/C14H13F3N4O/c1-8-5-10(14(15,16)17)19-12-11(8)13-18-6-9(3-2-4-22)7-21(13)20-12/h5-7,22H,2-4H2,1H3. The van der Waals surface area contributed by atoms with E-state index in [1.165, 1.54) is 4.52 Å². The number of pyridine rings is 1. The monoisotopic (exact) mass is 310 g/mol. The van der Waals surface area contributed by atoms with Crippen LogP contribution in [-0.4, -0.2) is 31.3 Å². The lowest BCUT2D eigenvalue weighted by Crippen LogP contribution is -2.08. The lowest BCUT2D eigenvalue weighted by Gasteiger charge is -2.06. The fourth-order valence-corrected chi connectivity index (χ4v) is 2.37. The molecule has 0 bridgehead atoms. The van der Waals surface area contributed by atoms with E-state index in [2.05, 4.69) is 15.1 Å². The third-order valence-electron chi connectivity index (χ3n) is 3.40. The zero-order chi connectivity index (χ0) is 15.9. The Labute approximate surface area is 123 Å². The largest absolute Gasteiger partial charge is 0.433 e. The van der Waals surface area contributed by atoms with Gasteiger partial charge in [-0.3, -0.25) is 0 Å². The average molecular weight is 310 g/mol. The van der Waals surface area contributed by atoms with Crippen LogP contribution < -0.4 is 0 Å². The summed E-state index contributed by atoms with van der Waals surface area (Å²) >= 11 is 0. The molecule has 3 rings (SSSR count). The second kappa shape index (κ2) is 5.20. The van der Waals surface area contributed by atoms with Gasteiger partial charge < -0.3 is 5.11 Å². The zero-order valence-corrected chi connectivity index (χ0v) is 11.7. The second-order valence-electron chi connectivity index (χ2n) is 5.08. The number of fused-ring (bicyclic) bond motifs is 3. The molecule has 0 unspecified atom stereocenters. The first kappa shape index (κ1) is 14.7. The normalized spacial score (nSPS) is 12.4. The summed E-state index contributed by atoms with van der Waals surface area (Å²) in [7, 11) is 0. The topological polar surface area (TPSA) is 63.3 Å². The van der Waals surface area contributed by atoms with Gasteiger partial charge in [0.05, 0.1) is 5.39 Å². The van der Waals surface area contributed by atoms with Gasteiger partial charge in [-0.25, -0.2) is 14.5 Å². The Balaban J connectivity index is 2.18. The predicted octanol–water partition coefficient (Wildman–Crippen LogP) is 2.53. The highest BCUT2D eigenvalue weighted by molar-refractivity contribution is 5.92. The molecule has 0 saturated carbocycles. The number of nitrogens with zero attached hydrogens (tertiary/aromatic N) is 4. The minimum atomic E-state index is -4.51. The van der Waals surface area contributed by atoms with Crippen LogP contribution in [0.3, 0.4) is 0 Å². The Hall–Kier alpha value is -2.22. The summed E-state index contributed by atoms with van der Waals surface area (Å²) in [5.41, 5.74) is 0.827. The van der Waals surface area contributed by atoms with E-state index < -0.39 is 11.9 Å². The van der Waals surface area contributed by atoms with E-state index in [4.69, 9.17) is 5.11 Å². The van der Waals surface area contributed by atoms with Crippen molar-refractivity contribution in [2.24, 2.45) is 0 Å². The zero-order valence-electron chi connectivity index (χ0n) is 11.7. The minimum absolute atomic E-state index is 0.0270. The summed E-state index contributed by atoms with van der Waals surface area (Å²) in [5.74, 6) is 0. The van der Waals surface area contributed by atoms with Crippen molar-refractivity contribution in [2.75, 3.05) is 6.61 Å². The van der Waals surface area contributed by atoms with Crippen LogP contribution >= 0.6 is 0 Å². The molecule has 8 heteroatoms. The Bertz CT molecular complexity index is 841. The Morgan fingerprint density at radius 1 is 1.32 bits per heavy atom. The number of aliphatic hydroxyl groups is 1. The van der Waals surface area contributed by atoms with Gasteiger partial charge in [-0.15, -0.1) is 5.10 Å². The lowest BCUT2D eigenvalue weighted by molar-refractivity contribution is -0.141. The number of aryl methyl sites for hydroxylation is 2. The first-order valence-corrected chi connectivity index (χ1v) is 6.73. The second-order valence-corrected chi connectivity index (χ2v) is 5.08. The van der Waals surface area contributed by atoms with E-state index in [9.17, 15) is 13.2 Å². The maximum atomic E-state index is 12.8. The van der Waals surface area contributed by atoms with Gasteiger partial charge in [-0.1, -0.05) is 0 Å². The Morgan fingerprint density at radius 3 is 2.77 bits per heavy atom. The summed E-state index contributed by atoms with van der Waals surface area (Å²) in [5, 5.41) is 13.5. The average Bonchev–Trinajstić information content (AvgIpc) is 2.82. The molecule has 3 aromatic heterocycles. The molecule has 3 aromatic rings. The number of hydrogen-bond donors (Lipinski definition) is 1. The van der Waals surface area contributed by atoms with Crippen molar-refractivity contribution in [2.45, 2.75) is 25.9 Å². The smallest absolute Gasteiger partial charge is 0.396 e. The fraction of sp³-hybridized carbons (Fsp3) is 0.357. The van der Waals surface area contributed by atoms with Crippen LogP contribution in [0.15, 0.2) is 18.5 Å². The van der Waals surface area contributed by atoms with Crippen LogP contribution in [0.25, 0.3) is 16.7 Å². The molecule has 116 valence electrons. The summed E-state index contributed by atoms with van der Waals surface area (Å²) in [4.78, 5) is 7.87. The van der Waals surface area contributed by atoms with E-state index in [0.29, 0.717) is 29.4 Å². The van der Waals surface area contributed by atoms with Gasteiger partial charge in [0.15, 0.2) is 11.3 Å². The number of aliphatic hydroxyl groups excluding tert-OH is 1. The van der Waals surface area contributed by atoms with Crippen LogP contribution in [-0.2, 0) is 12.6 Å². The molecule has 3 heterocycles. The molecular formula is C14H13F3N4O. The maximum absolute atomic E-state index is 12.8. The molecule has 0 aliphatic rings. The summed E-state index contributed by atoms with van der Waals surface area (Å²) in [6, 6.07) is 1.01. The maximum Gasteiger partial charge on any atom is 0.433 e. The molecule has 0 aromatic carbocycles. The van der Waals surface area contributed by atoms with E-state index in [0.717, 1.165) is 11.6 Å². The van der Waals surface area contributed by atoms with Crippen molar-refractivity contribution in [3.05, 3.63) is 35.3 Å². The van der Waals surface area contributed by atoms with Gasteiger partial charge in [-0.05, 0) is 37.0 Å². The van der Waals surface area contributed by atoms with Crippen LogP contribution in [0.1, 0.15) is 23.2 Å². The SMILES string of the molecule is Cc1cc(C(F)(F)F)nc2nn3cc(CCCO)cnc3c12. The van der Waals surface area contributed by atoms with Gasteiger partial charge in [0.1, 0.15) is 5.69 Å². The fourth-order valence-electron chi connectivity index (χ4n) is 2.37. The first-order valence-electron chi connectivity index (χ1n) is 6.73. The highest BCUT2D eigenvalue weighted by atomic mass is 19.4. The Kier molecular flexibility index (Phi) is 3.48. The third-order valence-corrected chi connectivity index (χ3v) is 3.40. The molecule has 5 nitrogen and oxygen atoms in total. The predicted molar refractivity (Wildman–Crippen MR) is 73.4 cm³/mol. The van der Waals surface area contributed by atoms with Crippen LogP contribution in [0.5, 0.6) is 0 Å². The van der Waals surface area contributed by atoms with E-state index >= 15 is 0 Å². The van der Waals surface area contributed by atoms with Crippen LogP contribution in [0, 0.1) is 6.92 Å². The third kappa shape index (κ3) is 2.50. The van der Waals surface area contributed by atoms with Crippen molar-refractivity contribution >= 4 is 16.7 Å². The van der Waals surface area contributed by atoms with E-state index in [-0.39, 0.29) is 12.3 Å². The quantitative estimate of drug-likeness (QED) is 0.807. The van der Waals surface area contributed by atoms with Crippen LogP contribution in [0.4, 0.5) is 13.2 Å². The van der Waals surface area contributed by atoms with Gasteiger partial charge in [-0.2, -0.15) is 13.2 Å². The molecule has 0 radical (unpaired) electrons. The molecule has 0 spiro atoms. The minimum Gasteiger partial charge on any atom is -0.396 e. The van der Waals surface area contributed by atoms with Crippen molar-refractivity contribution in [1.29, 1.82) is 0 Å². The summed E-state index contributed by atoms with van der Waals surface area (Å²) < 4.78 is 39.9. The summed E-state index contributed by atoms with van der Waals surface area (Å²) in [6.45, 7) is 1.65. The van der Waals surface area contributed by atoms with Gasteiger partial charge in [0.25, 0.3) is 0 Å². The molecular weight excluding hydrogens is 297 g/mol.